The fourth-order valence-corrected chi connectivity index (χ4v) is 3.14. The van der Waals surface area contributed by atoms with Gasteiger partial charge in [0.25, 0.3) is 0 Å². The van der Waals surface area contributed by atoms with Crippen molar-refractivity contribution in [1.29, 1.82) is 0 Å². The summed E-state index contributed by atoms with van der Waals surface area (Å²) in [6.07, 6.45) is -0.262. The number of benzene rings is 2. The van der Waals surface area contributed by atoms with Crippen LogP contribution in [0.3, 0.4) is 0 Å². The summed E-state index contributed by atoms with van der Waals surface area (Å²) in [4.78, 5) is 3.90. The highest BCUT2D eigenvalue weighted by molar-refractivity contribution is 5.60. The smallest absolute Gasteiger partial charge is 0.417 e. The number of alkyl halides is 3. The van der Waals surface area contributed by atoms with Crippen molar-refractivity contribution in [3.05, 3.63) is 71.3 Å². The molecule has 0 spiro atoms. The lowest BCUT2D eigenvalue weighted by atomic mass is 9.99. The number of phenols is 1. The first-order valence-corrected chi connectivity index (χ1v) is 9.52. The lowest BCUT2D eigenvalue weighted by Gasteiger charge is -2.10. The van der Waals surface area contributed by atoms with Crippen molar-refractivity contribution in [2.24, 2.45) is 0 Å². The summed E-state index contributed by atoms with van der Waals surface area (Å²) in [6, 6.07) is 8.33. The molecule has 0 amide bonds. The van der Waals surface area contributed by atoms with Gasteiger partial charge in [-0.3, -0.25) is 4.68 Å². The average Bonchev–Trinajstić information content (AvgIpc) is 3.47. The molecule has 0 unspecified atom stereocenters. The van der Waals surface area contributed by atoms with Crippen molar-refractivity contribution >= 4 is 0 Å². The Labute approximate surface area is 180 Å². The second-order valence-corrected chi connectivity index (χ2v) is 6.86. The molecule has 2 aromatic carbocycles. The number of nitrogens with one attached hydrogen (secondary N) is 1. The largest absolute Gasteiger partial charge is 0.508 e. The van der Waals surface area contributed by atoms with Gasteiger partial charge in [-0.15, -0.1) is 5.10 Å². The zero-order valence-electron chi connectivity index (χ0n) is 16.5. The highest BCUT2D eigenvalue weighted by Crippen LogP contribution is 2.34. The number of hydrogen-bond acceptors (Lipinski definition) is 6. The molecule has 0 fully saturated rings. The molecule has 0 aliphatic carbocycles. The molecule has 2 heterocycles. The van der Waals surface area contributed by atoms with Gasteiger partial charge in [-0.25, -0.2) is 10.1 Å². The average molecular weight is 439 g/mol. The van der Waals surface area contributed by atoms with Crippen LogP contribution in [0, 0.1) is 11.8 Å². The van der Waals surface area contributed by atoms with E-state index in [9.17, 15) is 18.3 Å². The molecule has 4 aromatic rings. The summed E-state index contributed by atoms with van der Waals surface area (Å²) in [5.74, 6) is 5.46. The number of phenolic OH excluding ortho intramolecular Hbond substituents is 1. The lowest BCUT2D eigenvalue weighted by molar-refractivity contribution is -0.137. The molecule has 32 heavy (non-hydrogen) atoms. The monoisotopic (exact) mass is 439 g/mol. The van der Waals surface area contributed by atoms with E-state index in [2.05, 4.69) is 42.5 Å². The number of hydrogen-bond donors (Lipinski definition) is 2. The molecule has 0 atom stereocenters. The number of halogens is 3. The van der Waals surface area contributed by atoms with Gasteiger partial charge in [0.15, 0.2) is 5.82 Å². The van der Waals surface area contributed by atoms with E-state index in [1.165, 1.54) is 12.4 Å². The maximum Gasteiger partial charge on any atom is 0.417 e. The molecule has 162 valence electrons. The first-order chi connectivity index (χ1) is 15.4. The molecular formula is C21H16F3N7O. The van der Waals surface area contributed by atoms with Crippen molar-refractivity contribution in [2.75, 3.05) is 0 Å². The third-order valence-electron chi connectivity index (χ3n) is 4.66. The maximum absolute atomic E-state index is 13.3. The van der Waals surface area contributed by atoms with E-state index >= 15 is 0 Å². The number of aromatic nitrogens is 7. The van der Waals surface area contributed by atoms with Crippen LogP contribution in [0.5, 0.6) is 5.75 Å². The van der Waals surface area contributed by atoms with E-state index < -0.39 is 17.5 Å². The molecule has 2 N–H and O–H groups in total. The number of rotatable bonds is 5. The normalized spacial score (nSPS) is 11.2. The van der Waals surface area contributed by atoms with Crippen molar-refractivity contribution in [2.45, 2.75) is 25.6 Å². The fourth-order valence-electron chi connectivity index (χ4n) is 3.14. The van der Waals surface area contributed by atoms with Crippen LogP contribution in [0.4, 0.5) is 13.2 Å². The molecule has 0 saturated carbocycles. The van der Waals surface area contributed by atoms with Crippen LogP contribution < -0.4 is 0 Å². The fraction of sp³-hybridized carbons (Fsp3) is 0.190. The van der Waals surface area contributed by atoms with Gasteiger partial charge >= 0.3 is 6.18 Å². The first kappa shape index (κ1) is 21.0. The Bertz CT molecular complexity index is 1260. The Morgan fingerprint density at radius 3 is 2.59 bits per heavy atom. The van der Waals surface area contributed by atoms with Crippen molar-refractivity contribution in [3.63, 3.8) is 0 Å². The Balaban J connectivity index is 1.66. The van der Waals surface area contributed by atoms with Crippen LogP contribution in [-0.4, -0.2) is 40.5 Å². The Hall–Kier alpha value is -4.20. The van der Waals surface area contributed by atoms with E-state index in [1.807, 2.05) is 6.07 Å². The second kappa shape index (κ2) is 8.89. The third-order valence-corrected chi connectivity index (χ3v) is 4.66. The van der Waals surface area contributed by atoms with Crippen LogP contribution in [0.15, 0.2) is 49.1 Å². The predicted molar refractivity (Wildman–Crippen MR) is 107 cm³/mol. The van der Waals surface area contributed by atoms with Crippen molar-refractivity contribution < 1.29 is 18.3 Å². The van der Waals surface area contributed by atoms with Gasteiger partial charge in [-0.2, -0.15) is 18.3 Å². The van der Waals surface area contributed by atoms with Crippen molar-refractivity contribution in [1.82, 2.24) is 35.4 Å². The predicted octanol–water partition coefficient (Wildman–Crippen LogP) is 3.22. The molecule has 0 radical (unpaired) electrons. The summed E-state index contributed by atoms with van der Waals surface area (Å²) in [5, 5.41) is 27.2. The molecule has 0 aliphatic rings. The van der Waals surface area contributed by atoms with Gasteiger partial charge in [0.1, 0.15) is 18.4 Å². The van der Waals surface area contributed by atoms with Gasteiger partial charge < -0.3 is 5.11 Å². The van der Waals surface area contributed by atoms with E-state index in [1.54, 1.807) is 23.1 Å². The molecule has 0 saturated heterocycles. The number of nitrogens with zero attached hydrogens (tertiary/aromatic N) is 6. The number of tetrazole rings is 1. The SMILES string of the molecule is Oc1ccc(C#Cc2ccc(-c3nnn[nH]3)cc2CCCn2cncn2)c(C(F)(F)F)c1. The van der Waals surface area contributed by atoms with Crippen LogP contribution in [0.1, 0.15) is 28.7 Å². The summed E-state index contributed by atoms with van der Waals surface area (Å²) in [6.45, 7) is 0.622. The Morgan fingerprint density at radius 1 is 1.06 bits per heavy atom. The minimum Gasteiger partial charge on any atom is -0.508 e. The summed E-state index contributed by atoms with van der Waals surface area (Å²) >= 11 is 0. The minimum absolute atomic E-state index is 0.215. The number of aromatic hydroxyl groups is 1. The van der Waals surface area contributed by atoms with Crippen LogP contribution in [0.2, 0.25) is 0 Å². The first-order valence-electron chi connectivity index (χ1n) is 9.52. The zero-order valence-corrected chi connectivity index (χ0v) is 16.5. The van der Waals surface area contributed by atoms with Gasteiger partial charge in [0.2, 0.25) is 0 Å². The third kappa shape index (κ3) is 4.92. The van der Waals surface area contributed by atoms with E-state index in [4.69, 9.17) is 0 Å². The standard InChI is InChI=1S/C21H16F3N7O/c22-21(23,24)19-11-18(32)8-7-15(19)5-3-14-4-6-17(20-27-29-30-28-20)10-16(14)2-1-9-31-13-25-12-26-31/h4,6-8,10-13,32H,1-2,9H2,(H,27,28,29,30). The van der Waals surface area contributed by atoms with Gasteiger partial charge in [0, 0.05) is 23.2 Å². The highest BCUT2D eigenvalue weighted by atomic mass is 19.4. The summed E-state index contributed by atoms with van der Waals surface area (Å²) in [7, 11) is 0. The highest BCUT2D eigenvalue weighted by Gasteiger charge is 2.33. The number of aromatic amines is 1. The lowest BCUT2D eigenvalue weighted by Crippen LogP contribution is -2.07. The zero-order chi connectivity index (χ0) is 22.6. The quantitative estimate of drug-likeness (QED) is 0.463. The van der Waals surface area contributed by atoms with Crippen LogP contribution >= 0.6 is 0 Å². The van der Waals surface area contributed by atoms with E-state index in [0.717, 1.165) is 17.2 Å². The molecular weight excluding hydrogens is 423 g/mol. The van der Waals surface area contributed by atoms with Gasteiger partial charge in [-0.05, 0) is 65.2 Å². The number of H-pyrrole nitrogens is 1. The van der Waals surface area contributed by atoms with Gasteiger partial charge in [0.05, 0.1) is 5.56 Å². The van der Waals surface area contributed by atoms with E-state index in [0.29, 0.717) is 36.8 Å². The Morgan fingerprint density at radius 2 is 1.88 bits per heavy atom. The van der Waals surface area contributed by atoms with E-state index in [-0.39, 0.29) is 5.56 Å². The summed E-state index contributed by atoms with van der Waals surface area (Å²) < 4.78 is 41.7. The number of aryl methyl sites for hydroxylation is 2. The molecule has 8 nitrogen and oxygen atoms in total. The molecule has 11 heteroatoms. The topological polar surface area (TPSA) is 105 Å². The van der Waals surface area contributed by atoms with Crippen LogP contribution in [-0.2, 0) is 19.1 Å². The molecule has 0 bridgehead atoms. The second-order valence-electron chi connectivity index (χ2n) is 6.86. The molecule has 4 rings (SSSR count). The maximum atomic E-state index is 13.3. The molecule has 0 aliphatic heterocycles. The minimum atomic E-state index is -4.63. The van der Waals surface area contributed by atoms with Crippen molar-refractivity contribution in [3.8, 4) is 29.0 Å². The van der Waals surface area contributed by atoms with Crippen LogP contribution in [0.25, 0.3) is 11.4 Å². The summed E-state index contributed by atoms with van der Waals surface area (Å²) in [5.41, 5.74) is 0.950. The molecule has 2 aromatic heterocycles. The van der Waals surface area contributed by atoms with Gasteiger partial charge in [-0.1, -0.05) is 11.8 Å². The Kier molecular flexibility index (Phi) is 5.85.